The Kier molecular flexibility index (Phi) is 6.72. The topological polar surface area (TPSA) is 73.6 Å². The van der Waals surface area contributed by atoms with Gasteiger partial charge in [-0.1, -0.05) is 6.07 Å². The zero-order valence-corrected chi connectivity index (χ0v) is 11.2. The van der Waals surface area contributed by atoms with Gasteiger partial charge in [-0.25, -0.2) is 8.78 Å². The first kappa shape index (κ1) is 16.2. The van der Waals surface area contributed by atoms with Crippen LogP contribution in [0.25, 0.3) is 0 Å². The first-order valence-corrected chi connectivity index (χ1v) is 6.08. The molecule has 20 heavy (non-hydrogen) atoms. The minimum Gasteiger partial charge on any atom is -0.495 e. The largest absolute Gasteiger partial charge is 0.495 e. The standard InChI is InChI=1S/C13H18F2N2O3/c1-19-11-3-2-9(6-10(11)16)7-17-13(18)4-5-20-8-12(14)15/h2-3,6,12H,4-5,7-8,16H2,1H3,(H,17,18). The number of benzene rings is 1. The minimum atomic E-state index is -2.51. The maximum atomic E-state index is 11.8. The van der Waals surface area contributed by atoms with Crippen LogP contribution in [0.3, 0.4) is 0 Å². The number of hydrogen-bond acceptors (Lipinski definition) is 4. The Morgan fingerprint density at radius 1 is 1.45 bits per heavy atom. The van der Waals surface area contributed by atoms with E-state index in [1.54, 1.807) is 18.2 Å². The summed E-state index contributed by atoms with van der Waals surface area (Å²) in [5.74, 6) is 0.300. The van der Waals surface area contributed by atoms with Gasteiger partial charge in [0.15, 0.2) is 0 Å². The first-order chi connectivity index (χ1) is 9.52. The molecule has 1 amide bonds. The van der Waals surface area contributed by atoms with Crippen LogP contribution in [0.2, 0.25) is 0 Å². The van der Waals surface area contributed by atoms with Crippen molar-refractivity contribution in [2.45, 2.75) is 19.4 Å². The molecule has 7 heteroatoms. The predicted octanol–water partition coefficient (Wildman–Crippen LogP) is 1.57. The number of methoxy groups -OCH3 is 1. The van der Waals surface area contributed by atoms with Crippen LogP contribution in [0.4, 0.5) is 14.5 Å². The number of nitrogens with two attached hydrogens (primary N) is 1. The number of carbonyl (C=O) groups is 1. The number of nitrogens with one attached hydrogen (secondary N) is 1. The van der Waals surface area contributed by atoms with Crippen LogP contribution in [0.1, 0.15) is 12.0 Å². The van der Waals surface area contributed by atoms with Gasteiger partial charge < -0.3 is 20.5 Å². The van der Waals surface area contributed by atoms with Crippen molar-refractivity contribution >= 4 is 11.6 Å². The van der Waals surface area contributed by atoms with Gasteiger partial charge >= 0.3 is 0 Å². The van der Waals surface area contributed by atoms with E-state index in [1.807, 2.05) is 0 Å². The van der Waals surface area contributed by atoms with Crippen LogP contribution >= 0.6 is 0 Å². The number of carbonyl (C=O) groups excluding carboxylic acids is 1. The molecule has 3 N–H and O–H groups in total. The molecular weight excluding hydrogens is 270 g/mol. The van der Waals surface area contributed by atoms with Gasteiger partial charge in [-0.05, 0) is 17.7 Å². The molecule has 0 saturated carbocycles. The smallest absolute Gasteiger partial charge is 0.261 e. The summed E-state index contributed by atoms with van der Waals surface area (Å²) in [6.07, 6.45) is -2.47. The third-order valence-corrected chi connectivity index (χ3v) is 2.50. The number of halogens is 2. The Bertz CT molecular complexity index is 442. The Morgan fingerprint density at radius 3 is 2.80 bits per heavy atom. The molecule has 0 fully saturated rings. The average molecular weight is 288 g/mol. The number of hydrogen-bond donors (Lipinski definition) is 2. The van der Waals surface area contributed by atoms with Crippen molar-refractivity contribution < 1.29 is 23.0 Å². The van der Waals surface area contributed by atoms with E-state index in [9.17, 15) is 13.6 Å². The second kappa shape index (κ2) is 8.31. The summed E-state index contributed by atoms with van der Waals surface area (Å²) in [5, 5.41) is 2.65. The fourth-order valence-corrected chi connectivity index (χ4v) is 1.52. The van der Waals surface area contributed by atoms with Gasteiger partial charge in [-0.15, -0.1) is 0 Å². The highest BCUT2D eigenvalue weighted by molar-refractivity contribution is 5.76. The lowest BCUT2D eigenvalue weighted by Gasteiger charge is -2.09. The number of anilines is 1. The molecule has 0 bridgehead atoms. The fraction of sp³-hybridized carbons (Fsp3) is 0.462. The van der Waals surface area contributed by atoms with E-state index < -0.39 is 13.0 Å². The van der Waals surface area contributed by atoms with E-state index >= 15 is 0 Å². The molecule has 0 radical (unpaired) electrons. The van der Waals surface area contributed by atoms with E-state index in [2.05, 4.69) is 10.1 Å². The summed E-state index contributed by atoms with van der Waals surface area (Å²) in [6, 6.07) is 5.19. The number of rotatable bonds is 8. The molecule has 0 aliphatic carbocycles. The molecule has 0 aromatic heterocycles. The van der Waals surface area contributed by atoms with Crippen LogP contribution in [-0.2, 0) is 16.1 Å². The highest BCUT2D eigenvalue weighted by Gasteiger charge is 2.06. The maximum absolute atomic E-state index is 11.8. The zero-order valence-electron chi connectivity index (χ0n) is 11.2. The van der Waals surface area contributed by atoms with Crippen molar-refractivity contribution in [2.75, 3.05) is 26.1 Å². The normalized spacial score (nSPS) is 10.6. The Morgan fingerprint density at radius 2 is 2.20 bits per heavy atom. The van der Waals surface area contributed by atoms with Gasteiger partial charge in [0.2, 0.25) is 5.91 Å². The molecule has 0 saturated heterocycles. The highest BCUT2D eigenvalue weighted by atomic mass is 19.3. The van der Waals surface area contributed by atoms with Gasteiger partial charge in [0, 0.05) is 13.0 Å². The second-order valence-corrected chi connectivity index (χ2v) is 4.07. The third kappa shape index (κ3) is 5.83. The maximum Gasteiger partial charge on any atom is 0.261 e. The number of amides is 1. The Balaban J connectivity index is 2.28. The molecule has 0 unspecified atom stereocenters. The van der Waals surface area contributed by atoms with Crippen molar-refractivity contribution in [1.29, 1.82) is 0 Å². The Hall–Kier alpha value is -1.89. The predicted molar refractivity (Wildman–Crippen MR) is 70.7 cm³/mol. The van der Waals surface area contributed by atoms with Crippen molar-refractivity contribution in [3.05, 3.63) is 23.8 Å². The van der Waals surface area contributed by atoms with Crippen LogP contribution in [-0.4, -0.2) is 32.7 Å². The summed E-state index contributed by atoms with van der Waals surface area (Å²) in [4.78, 5) is 11.4. The molecule has 1 aromatic carbocycles. The molecule has 0 spiro atoms. The van der Waals surface area contributed by atoms with Crippen LogP contribution in [0.5, 0.6) is 5.75 Å². The van der Waals surface area contributed by atoms with E-state index in [0.717, 1.165) is 5.56 Å². The van der Waals surface area contributed by atoms with Crippen LogP contribution in [0, 0.1) is 0 Å². The molecule has 1 rings (SSSR count). The van der Waals surface area contributed by atoms with Gasteiger partial charge in [0.1, 0.15) is 12.4 Å². The van der Waals surface area contributed by atoms with Crippen LogP contribution < -0.4 is 15.8 Å². The Labute approximate surface area is 116 Å². The summed E-state index contributed by atoms with van der Waals surface area (Å²) in [6.45, 7) is -0.370. The summed E-state index contributed by atoms with van der Waals surface area (Å²) < 4.78 is 33.2. The van der Waals surface area contributed by atoms with E-state index in [1.165, 1.54) is 7.11 Å². The van der Waals surface area contributed by atoms with E-state index in [0.29, 0.717) is 18.0 Å². The lowest BCUT2D eigenvalue weighted by Crippen LogP contribution is -2.24. The van der Waals surface area contributed by atoms with Crippen molar-refractivity contribution in [2.24, 2.45) is 0 Å². The van der Waals surface area contributed by atoms with Gasteiger partial charge in [0.25, 0.3) is 6.43 Å². The third-order valence-electron chi connectivity index (χ3n) is 2.50. The van der Waals surface area contributed by atoms with Gasteiger partial charge in [-0.2, -0.15) is 0 Å². The molecular formula is C13H18F2N2O3. The number of ether oxygens (including phenoxy) is 2. The molecule has 0 atom stereocenters. The number of nitrogen functional groups attached to an aromatic ring is 1. The summed E-state index contributed by atoms with van der Waals surface area (Å²) in [7, 11) is 1.52. The number of alkyl halides is 2. The SMILES string of the molecule is COc1ccc(CNC(=O)CCOCC(F)F)cc1N. The lowest BCUT2D eigenvalue weighted by molar-refractivity contribution is -0.122. The van der Waals surface area contributed by atoms with Crippen molar-refractivity contribution in [3.8, 4) is 5.75 Å². The zero-order chi connectivity index (χ0) is 15.0. The van der Waals surface area contributed by atoms with Crippen molar-refractivity contribution in [3.63, 3.8) is 0 Å². The van der Waals surface area contributed by atoms with E-state index in [4.69, 9.17) is 10.5 Å². The van der Waals surface area contributed by atoms with Gasteiger partial charge in [0.05, 0.1) is 19.4 Å². The fourth-order valence-electron chi connectivity index (χ4n) is 1.52. The summed E-state index contributed by atoms with van der Waals surface area (Å²) in [5.41, 5.74) is 7.05. The van der Waals surface area contributed by atoms with Crippen LogP contribution in [0.15, 0.2) is 18.2 Å². The second-order valence-electron chi connectivity index (χ2n) is 4.07. The molecule has 5 nitrogen and oxygen atoms in total. The minimum absolute atomic E-state index is 0.0269. The molecule has 112 valence electrons. The van der Waals surface area contributed by atoms with E-state index in [-0.39, 0.29) is 18.9 Å². The molecule has 1 aromatic rings. The lowest BCUT2D eigenvalue weighted by atomic mass is 10.2. The first-order valence-electron chi connectivity index (χ1n) is 6.08. The average Bonchev–Trinajstić information content (AvgIpc) is 2.41. The monoisotopic (exact) mass is 288 g/mol. The molecule has 0 aliphatic heterocycles. The molecule has 0 aliphatic rings. The molecule has 0 heterocycles. The quantitative estimate of drug-likeness (QED) is 0.562. The highest BCUT2D eigenvalue weighted by Crippen LogP contribution is 2.21. The van der Waals surface area contributed by atoms with Crippen molar-refractivity contribution in [1.82, 2.24) is 5.32 Å². The van der Waals surface area contributed by atoms with Gasteiger partial charge in [-0.3, -0.25) is 4.79 Å². The summed E-state index contributed by atoms with van der Waals surface area (Å²) >= 11 is 0.